The van der Waals surface area contributed by atoms with Crippen molar-refractivity contribution in [2.24, 2.45) is 5.73 Å². The maximum Gasteiger partial charge on any atom is 0.137 e. The van der Waals surface area contributed by atoms with Crippen molar-refractivity contribution in [2.75, 3.05) is 0 Å². The fourth-order valence-electron chi connectivity index (χ4n) is 1.30. The molecule has 1 aromatic heterocycles. The molecule has 0 spiro atoms. The maximum atomic E-state index is 13.4. The van der Waals surface area contributed by atoms with Crippen molar-refractivity contribution in [2.45, 2.75) is 16.5 Å². The molecule has 88 valence electrons. The van der Waals surface area contributed by atoms with Gasteiger partial charge in [0.2, 0.25) is 0 Å². The Labute approximate surface area is 102 Å². The number of rotatable bonds is 3. The van der Waals surface area contributed by atoms with E-state index in [1.807, 2.05) is 0 Å². The van der Waals surface area contributed by atoms with Crippen molar-refractivity contribution in [3.63, 3.8) is 0 Å². The van der Waals surface area contributed by atoms with E-state index in [-0.39, 0.29) is 4.90 Å². The normalized spacial score (nSPS) is 10.5. The Hall–Kier alpha value is -1.46. The summed E-state index contributed by atoms with van der Waals surface area (Å²) < 4.78 is 26.4. The molecule has 0 radical (unpaired) electrons. The fourth-order valence-corrected chi connectivity index (χ4v) is 2.17. The van der Waals surface area contributed by atoms with Gasteiger partial charge in [-0.05, 0) is 30.3 Å². The lowest BCUT2D eigenvalue weighted by atomic mass is 10.3. The highest BCUT2D eigenvalue weighted by molar-refractivity contribution is 7.99. The Morgan fingerprint density at radius 2 is 2.00 bits per heavy atom. The van der Waals surface area contributed by atoms with Crippen LogP contribution in [0.15, 0.2) is 46.3 Å². The van der Waals surface area contributed by atoms with Crippen molar-refractivity contribution < 1.29 is 8.78 Å². The third kappa shape index (κ3) is 3.01. The molecular formula is C12H10F2N2S. The zero-order valence-electron chi connectivity index (χ0n) is 8.86. The van der Waals surface area contributed by atoms with Gasteiger partial charge < -0.3 is 5.73 Å². The first-order valence-electron chi connectivity index (χ1n) is 4.98. The highest BCUT2D eigenvalue weighted by Crippen LogP contribution is 2.28. The summed E-state index contributed by atoms with van der Waals surface area (Å²) in [7, 11) is 0. The summed E-state index contributed by atoms with van der Waals surface area (Å²) >= 11 is 1.08. The molecule has 0 aliphatic carbocycles. The molecule has 0 bridgehead atoms. The van der Waals surface area contributed by atoms with Crippen LogP contribution in [-0.2, 0) is 6.54 Å². The molecule has 2 nitrogen and oxygen atoms in total. The minimum Gasteiger partial charge on any atom is -0.325 e. The van der Waals surface area contributed by atoms with Gasteiger partial charge >= 0.3 is 0 Å². The number of benzene rings is 1. The van der Waals surface area contributed by atoms with E-state index in [2.05, 4.69) is 4.98 Å². The molecule has 17 heavy (non-hydrogen) atoms. The summed E-state index contributed by atoms with van der Waals surface area (Å²) in [5.74, 6) is -0.930. The summed E-state index contributed by atoms with van der Waals surface area (Å²) in [5, 5.41) is 0.595. The van der Waals surface area contributed by atoms with E-state index in [4.69, 9.17) is 5.73 Å². The Morgan fingerprint density at radius 1 is 1.18 bits per heavy atom. The van der Waals surface area contributed by atoms with Crippen molar-refractivity contribution in [3.8, 4) is 0 Å². The molecular weight excluding hydrogens is 242 g/mol. The number of nitrogens with two attached hydrogens (primary N) is 1. The second-order valence-electron chi connectivity index (χ2n) is 3.35. The molecule has 0 unspecified atom stereocenters. The number of hydrogen-bond acceptors (Lipinski definition) is 3. The van der Waals surface area contributed by atoms with Crippen molar-refractivity contribution in [1.29, 1.82) is 0 Å². The lowest BCUT2D eigenvalue weighted by Crippen LogP contribution is -1.99. The molecule has 0 fully saturated rings. The lowest BCUT2D eigenvalue weighted by Gasteiger charge is -2.04. The third-order valence-electron chi connectivity index (χ3n) is 2.10. The Morgan fingerprint density at radius 3 is 2.76 bits per heavy atom. The zero-order valence-corrected chi connectivity index (χ0v) is 9.68. The van der Waals surface area contributed by atoms with E-state index < -0.39 is 11.6 Å². The molecule has 0 aliphatic heterocycles. The quantitative estimate of drug-likeness (QED) is 0.912. The van der Waals surface area contributed by atoms with Crippen LogP contribution in [0.5, 0.6) is 0 Å². The van der Waals surface area contributed by atoms with Gasteiger partial charge in [0.05, 0.1) is 10.6 Å². The monoisotopic (exact) mass is 252 g/mol. The molecule has 5 heteroatoms. The summed E-state index contributed by atoms with van der Waals surface area (Å²) in [6.45, 7) is 0.319. The lowest BCUT2D eigenvalue weighted by molar-refractivity contribution is 0.577. The average Bonchev–Trinajstić information content (AvgIpc) is 2.34. The van der Waals surface area contributed by atoms with Gasteiger partial charge in [-0.15, -0.1) is 0 Å². The maximum absolute atomic E-state index is 13.4. The van der Waals surface area contributed by atoms with Crippen LogP contribution in [0, 0.1) is 11.6 Å². The third-order valence-corrected chi connectivity index (χ3v) is 3.07. The molecule has 1 aromatic carbocycles. The smallest absolute Gasteiger partial charge is 0.137 e. The largest absolute Gasteiger partial charge is 0.325 e. The Balaban J connectivity index is 2.27. The van der Waals surface area contributed by atoms with Crippen molar-refractivity contribution in [1.82, 2.24) is 4.98 Å². The van der Waals surface area contributed by atoms with Crippen LogP contribution in [0.3, 0.4) is 0 Å². The Kier molecular flexibility index (Phi) is 3.71. The SMILES string of the molecule is NCc1cccc(Sc2cc(F)ccc2F)n1. The molecule has 2 aromatic rings. The van der Waals surface area contributed by atoms with E-state index in [1.54, 1.807) is 18.2 Å². The molecule has 1 heterocycles. The summed E-state index contributed by atoms with van der Waals surface area (Å²) in [5.41, 5.74) is 6.17. The first-order chi connectivity index (χ1) is 8.19. The molecule has 2 rings (SSSR count). The number of pyridine rings is 1. The summed E-state index contributed by atoms with van der Waals surface area (Å²) in [6, 6.07) is 8.64. The van der Waals surface area contributed by atoms with E-state index in [0.29, 0.717) is 17.3 Å². The highest BCUT2D eigenvalue weighted by Gasteiger charge is 2.07. The Bertz CT molecular complexity index is 532. The zero-order chi connectivity index (χ0) is 12.3. The van der Waals surface area contributed by atoms with Gasteiger partial charge in [-0.3, -0.25) is 0 Å². The minimum absolute atomic E-state index is 0.215. The van der Waals surface area contributed by atoms with Gasteiger partial charge in [0, 0.05) is 6.54 Å². The molecule has 0 saturated carbocycles. The average molecular weight is 252 g/mol. The topological polar surface area (TPSA) is 38.9 Å². The summed E-state index contributed by atoms with van der Waals surface area (Å²) in [6.07, 6.45) is 0. The van der Waals surface area contributed by atoms with Gasteiger partial charge in [-0.25, -0.2) is 13.8 Å². The molecule has 2 N–H and O–H groups in total. The van der Waals surface area contributed by atoms with E-state index >= 15 is 0 Å². The number of aromatic nitrogens is 1. The highest BCUT2D eigenvalue weighted by atomic mass is 32.2. The van der Waals surface area contributed by atoms with Crippen LogP contribution < -0.4 is 5.73 Å². The first-order valence-corrected chi connectivity index (χ1v) is 5.79. The molecule has 0 saturated heterocycles. The van der Waals surface area contributed by atoms with Gasteiger partial charge in [-0.2, -0.15) is 0 Å². The number of halogens is 2. The van der Waals surface area contributed by atoms with E-state index in [9.17, 15) is 8.78 Å². The van der Waals surface area contributed by atoms with Crippen LogP contribution in [-0.4, -0.2) is 4.98 Å². The van der Waals surface area contributed by atoms with Gasteiger partial charge in [0.15, 0.2) is 0 Å². The predicted octanol–water partition coefficient (Wildman–Crippen LogP) is 2.97. The van der Waals surface area contributed by atoms with Crippen LogP contribution in [0.4, 0.5) is 8.78 Å². The second-order valence-corrected chi connectivity index (χ2v) is 4.41. The second kappa shape index (κ2) is 5.25. The fraction of sp³-hybridized carbons (Fsp3) is 0.0833. The van der Waals surface area contributed by atoms with Crippen LogP contribution in [0.1, 0.15) is 5.69 Å². The number of nitrogens with zero attached hydrogens (tertiary/aromatic N) is 1. The molecule has 0 aliphatic rings. The van der Waals surface area contributed by atoms with Crippen LogP contribution >= 0.6 is 11.8 Å². The van der Waals surface area contributed by atoms with Crippen molar-refractivity contribution >= 4 is 11.8 Å². The van der Waals surface area contributed by atoms with Crippen LogP contribution in [0.2, 0.25) is 0 Å². The summed E-state index contributed by atoms with van der Waals surface area (Å²) in [4.78, 5) is 4.42. The standard InChI is InChI=1S/C12H10F2N2S/c13-8-4-5-10(14)11(6-8)17-12-3-1-2-9(7-15)16-12/h1-6H,7,15H2. The van der Waals surface area contributed by atoms with Gasteiger partial charge in [0.25, 0.3) is 0 Å². The van der Waals surface area contributed by atoms with Gasteiger partial charge in [-0.1, -0.05) is 17.8 Å². The van der Waals surface area contributed by atoms with Crippen LogP contribution in [0.25, 0.3) is 0 Å². The number of hydrogen-bond donors (Lipinski definition) is 1. The van der Waals surface area contributed by atoms with E-state index in [0.717, 1.165) is 30.0 Å². The molecule has 0 atom stereocenters. The van der Waals surface area contributed by atoms with E-state index in [1.165, 1.54) is 0 Å². The minimum atomic E-state index is -0.469. The van der Waals surface area contributed by atoms with Crippen molar-refractivity contribution in [3.05, 3.63) is 53.7 Å². The molecule has 0 amide bonds. The first kappa shape index (κ1) is 12.0. The van der Waals surface area contributed by atoms with Gasteiger partial charge in [0.1, 0.15) is 16.7 Å². The predicted molar refractivity (Wildman–Crippen MR) is 62.6 cm³/mol.